The van der Waals surface area contributed by atoms with Gasteiger partial charge < -0.3 is 14.6 Å². The monoisotopic (exact) mass is 422 g/mol. The van der Waals surface area contributed by atoms with Gasteiger partial charge >= 0.3 is 7.12 Å². The summed E-state index contributed by atoms with van der Waals surface area (Å²) in [5.41, 5.74) is -0.374. The average Bonchev–Trinajstić information content (AvgIpc) is 2.77. The maximum absolute atomic E-state index is 15.1. The zero-order valence-electron chi connectivity index (χ0n) is 17.1. The second kappa shape index (κ2) is 6.59. The Morgan fingerprint density at radius 2 is 1.83 bits per heavy atom. The number of anilines is 1. The summed E-state index contributed by atoms with van der Waals surface area (Å²) in [5, 5.41) is 3.36. The van der Waals surface area contributed by atoms with Gasteiger partial charge in [-0.1, -0.05) is 6.07 Å². The van der Waals surface area contributed by atoms with Crippen molar-refractivity contribution in [2.75, 3.05) is 24.7 Å². The number of sulfonamides is 1. The van der Waals surface area contributed by atoms with E-state index >= 15 is 4.39 Å². The third kappa shape index (κ3) is 3.60. The van der Waals surface area contributed by atoms with E-state index in [4.69, 9.17) is 9.31 Å². The molecule has 1 aromatic heterocycles. The van der Waals surface area contributed by atoms with Crippen molar-refractivity contribution in [3.8, 4) is 0 Å². The van der Waals surface area contributed by atoms with Gasteiger partial charge in [0.05, 0.1) is 34.4 Å². The zero-order chi connectivity index (χ0) is 21.2. The lowest BCUT2D eigenvalue weighted by Gasteiger charge is -2.37. The molecule has 156 valence electrons. The Morgan fingerprint density at radius 3 is 2.41 bits per heavy atom. The van der Waals surface area contributed by atoms with E-state index in [0.29, 0.717) is 30.0 Å². The number of nitrogens with zero attached hydrogens (tertiary/aromatic N) is 3. The lowest BCUT2D eigenvalue weighted by atomic mass is 9.78. The molecule has 2 fully saturated rings. The van der Waals surface area contributed by atoms with Crippen LogP contribution in [0.5, 0.6) is 0 Å². The van der Waals surface area contributed by atoms with Gasteiger partial charge in [0.15, 0.2) is 0 Å². The van der Waals surface area contributed by atoms with Crippen LogP contribution in [0.2, 0.25) is 0 Å². The number of fused-ring (bicyclic) bond motifs is 1. The van der Waals surface area contributed by atoms with E-state index < -0.39 is 34.2 Å². The fourth-order valence-corrected chi connectivity index (χ4v) is 4.19. The molecule has 2 aromatic rings. The summed E-state index contributed by atoms with van der Waals surface area (Å²) < 4.78 is 51.3. The maximum atomic E-state index is 15.1. The van der Waals surface area contributed by atoms with Crippen molar-refractivity contribution in [2.45, 2.75) is 44.9 Å². The van der Waals surface area contributed by atoms with Crippen molar-refractivity contribution in [1.82, 2.24) is 14.3 Å². The first kappa shape index (κ1) is 20.5. The van der Waals surface area contributed by atoms with Crippen LogP contribution in [-0.2, 0) is 19.3 Å². The molecule has 2 aliphatic heterocycles. The minimum absolute atomic E-state index is 0.0731. The standard InChI is InChI=1S/C18H24BFN4O4S/c1-17(2)18(3,4)28-19(27-17)13-6-7-14-12(15(13)20)8-21-16(23-14)22-11-9-24(10-11)29(5,25)26/h6-8,11H,9-10H2,1-5H3,(H,21,22,23). The highest BCUT2D eigenvalue weighted by molar-refractivity contribution is 7.88. The van der Waals surface area contributed by atoms with Crippen molar-refractivity contribution in [3.05, 3.63) is 24.1 Å². The third-order valence-electron chi connectivity index (χ3n) is 5.89. The molecule has 2 saturated heterocycles. The van der Waals surface area contributed by atoms with Gasteiger partial charge in [-0.25, -0.2) is 22.8 Å². The molecule has 0 atom stereocenters. The smallest absolute Gasteiger partial charge is 0.399 e. The van der Waals surface area contributed by atoms with E-state index in [1.165, 1.54) is 16.8 Å². The van der Waals surface area contributed by atoms with E-state index in [1.807, 2.05) is 27.7 Å². The molecule has 0 unspecified atom stereocenters. The molecule has 4 rings (SSSR count). The van der Waals surface area contributed by atoms with Gasteiger partial charge in [0.25, 0.3) is 0 Å². The first-order chi connectivity index (χ1) is 13.4. The van der Waals surface area contributed by atoms with Crippen LogP contribution in [0.1, 0.15) is 27.7 Å². The maximum Gasteiger partial charge on any atom is 0.497 e. The molecule has 1 aromatic carbocycles. The van der Waals surface area contributed by atoms with Gasteiger partial charge in [-0.3, -0.25) is 0 Å². The van der Waals surface area contributed by atoms with Crippen LogP contribution in [0.3, 0.4) is 0 Å². The number of hydrogen-bond acceptors (Lipinski definition) is 7. The van der Waals surface area contributed by atoms with E-state index in [0.717, 1.165) is 0 Å². The number of aromatic nitrogens is 2. The molecule has 0 aliphatic carbocycles. The summed E-state index contributed by atoms with van der Waals surface area (Å²) in [7, 11) is -3.99. The molecule has 0 saturated carbocycles. The molecular weight excluding hydrogens is 398 g/mol. The van der Waals surface area contributed by atoms with Crippen LogP contribution in [0, 0.1) is 5.82 Å². The summed E-state index contributed by atoms with van der Waals surface area (Å²) in [6.45, 7) is 8.37. The lowest BCUT2D eigenvalue weighted by molar-refractivity contribution is 0.00578. The highest BCUT2D eigenvalue weighted by atomic mass is 32.2. The number of halogens is 1. The Kier molecular flexibility index (Phi) is 4.65. The van der Waals surface area contributed by atoms with Crippen LogP contribution >= 0.6 is 0 Å². The topological polar surface area (TPSA) is 93.7 Å². The molecule has 11 heteroatoms. The summed E-state index contributed by atoms with van der Waals surface area (Å²) in [4.78, 5) is 8.55. The van der Waals surface area contributed by atoms with Gasteiger partial charge in [0, 0.05) is 24.7 Å². The molecule has 2 aliphatic rings. The Hall–Kier alpha value is -1.82. The lowest BCUT2D eigenvalue weighted by Crippen LogP contribution is -2.56. The minimum Gasteiger partial charge on any atom is -0.399 e. The van der Waals surface area contributed by atoms with Crippen molar-refractivity contribution >= 4 is 39.5 Å². The molecule has 0 radical (unpaired) electrons. The number of rotatable bonds is 4. The summed E-state index contributed by atoms with van der Waals surface area (Å²) >= 11 is 0. The SMILES string of the molecule is CC1(C)OB(c2ccc3nc(NC4CN(S(C)(=O)=O)C4)ncc3c2F)OC1(C)C. The van der Waals surface area contributed by atoms with Gasteiger partial charge in [-0.05, 0) is 33.8 Å². The molecule has 0 amide bonds. The van der Waals surface area contributed by atoms with Gasteiger partial charge in [-0.15, -0.1) is 0 Å². The number of nitrogens with one attached hydrogen (secondary N) is 1. The predicted molar refractivity (Wildman–Crippen MR) is 109 cm³/mol. The third-order valence-corrected chi connectivity index (χ3v) is 7.12. The Bertz CT molecular complexity index is 1060. The van der Waals surface area contributed by atoms with Crippen LogP contribution in [0.15, 0.2) is 18.3 Å². The molecule has 3 heterocycles. The molecule has 0 bridgehead atoms. The zero-order valence-corrected chi connectivity index (χ0v) is 17.9. The average molecular weight is 422 g/mol. The van der Waals surface area contributed by atoms with Gasteiger partial charge in [-0.2, -0.15) is 4.31 Å². The fraction of sp³-hybridized carbons (Fsp3) is 0.556. The second-order valence-corrected chi connectivity index (χ2v) is 10.6. The number of hydrogen-bond donors (Lipinski definition) is 1. The first-order valence-electron chi connectivity index (χ1n) is 9.40. The summed E-state index contributed by atoms with van der Waals surface area (Å²) in [6, 6.07) is 3.25. The van der Waals surface area contributed by atoms with Crippen LogP contribution in [0.25, 0.3) is 10.9 Å². The summed E-state index contributed by atoms with van der Waals surface area (Å²) in [6.07, 6.45) is 2.60. The first-order valence-corrected chi connectivity index (χ1v) is 11.2. The highest BCUT2D eigenvalue weighted by Gasteiger charge is 2.52. The van der Waals surface area contributed by atoms with Crippen LogP contribution < -0.4 is 10.8 Å². The minimum atomic E-state index is -3.18. The molecule has 29 heavy (non-hydrogen) atoms. The van der Waals surface area contributed by atoms with Crippen molar-refractivity contribution in [1.29, 1.82) is 0 Å². The van der Waals surface area contributed by atoms with E-state index in [-0.39, 0.29) is 11.4 Å². The van der Waals surface area contributed by atoms with E-state index in [9.17, 15) is 8.42 Å². The molecule has 1 N–H and O–H groups in total. The Morgan fingerprint density at radius 1 is 1.21 bits per heavy atom. The second-order valence-electron chi connectivity index (χ2n) is 8.60. The number of benzene rings is 1. The molecule has 8 nitrogen and oxygen atoms in total. The normalized spacial score (nSPS) is 22.1. The van der Waals surface area contributed by atoms with Gasteiger partial charge in [0.1, 0.15) is 5.82 Å². The van der Waals surface area contributed by atoms with E-state index in [1.54, 1.807) is 12.1 Å². The molecule has 0 spiro atoms. The van der Waals surface area contributed by atoms with Crippen molar-refractivity contribution in [3.63, 3.8) is 0 Å². The fourth-order valence-electron chi connectivity index (χ4n) is 3.29. The largest absolute Gasteiger partial charge is 0.497 e. The molecular formula is C18H24BFN4O4S. The van der Waals surface area contributed by atoms with Crippen LogP contribution in [0.4, 0.5) is 10.3 Å². The Balaban J connectivity index is 1.54. The van der Waals surface area contributed by atoms with Crippen molar-refractivity contribution in [2.24, 2.45) is 0 Å². The van der Waals surface area contributed by atoms with Crippen molar-refractivity contribution < 1.29 is 22.1 Å². The predicted octanol–water partition coefficient (Wildman–Crippen LogP) is 1.12. The quantitative estimate of drug-likeness (QED) is 0.739. The van der Waals surface area contributed by atoms with E-state index in [2.05, 4.69) is 15.3 Å². The Labute approximate surface area is 170 Å². The summed E-state index contributed by atoms with van der Waals surface area (Å²) in [5.74, 6) is -0.141. The van der Waals surface area contributed by atoms with Gasteiger partial charge in [0.2, 0.25) is 16.0 Å². The highest BCUT2D eigenvalue weighted by Crippen LogP contribution is 2.37. The van der Waals surface area contributed by atoms with Crippen LogP contribution in [-0.4, -0.2) is 66.4 Å².